The maximum absolute atomic E-state index is 13.1. The van der Waals surface area contributed by atoms with Gasteiger partial charge >= 0.3 is 0 Å². The lowest BCUT2D eigenvalue weighted by Gasteiger charge is -2.10. The molecule has 102 valence electrons. The second-order valence-corrected chi connectivity index (χ2v) is 4.78. The molecule has 0 saturated heterocycles. The zero-order valence-electron chi connectivity index (χ0n) is 10.6. The van der Waals surface area contributed by atoms with Gasteiger partial charge in [0.05, 0.1) is 11.6 Å². The lowest BCUT2D eigenvalue weighted by molar-refractivity contribution is 0.302. The summed E-state index contributed by atoms with van der Waals surface area (Å²) in [5.41, 5.74) is 2.23. The van der Waals surface area contributed by atoms with Crippen LogP contribution in [0.2, 0.25) is 5.15 Å². The van der Waals surface area contributed by atoms with Gasteiger partial charge in [-0.05, 0) is 25.1 Å². The Labute approximate surface area is 120 Å². The maximum Gasteiger partial charge on any atom is 0.133 e. The van der Waals surface area contributed by atoms with Gasteiger partial charge in [0, 0.05) is 18.2 Å². The number of hydrogen-bond donors (Lipinski definition) is 0. The zero-order chi connectivity index (χ0) is 14.0. The molecule has 0 radical (unpaired) electrons. The van der Waals surface area contributed by atoms with E-state index in [0.717, 1.165) is 11.3 Å². The van der Waals surface area contributed by atoms with Crippen molar-refractivity contribution in [3.05, 3.63) is 46.0 Å². The monoisotopic (exact) mass is 302 g/mol. The van der Waals surface area contributed by atoms with E-state index in [1.807, 2.05) is 6.92 Å². The van der Waals surface area contributed by atoms with Crippen molar-refractivity contribution in [2.75, 3.05) is 0 Å². The normalized spacial score (nSPS) is 10.8. The third-order valence-corrected chi connectivity index (χ3v) is 3.57. The fourth-order valence-corrected chi connectivity index (χ4v) is 2.22. The summed E-state index contributed by atoms with van der Waals surface area (Å²) in [6.07, 6.45) is 0. The number of alkyl halides is 1. The number of ether oxygens (including phenoxy) is 1. The van der Waals surface area contributed by atoms with Crippen molar-refractivity contribution >= 4 is 23.2 Å². The quantitative estimate of drug-likeness (QED) is 0.802. The summed E-state index contributed by atoms with van der Waals surface area (Å²) in [7, 11) is 1.76. The highest BCUT2D eigenvalue weighted by Gasteiger charge is 2.13. The summed E-state index contributed by atoms with van der Waals surface area (Å²) in [6.45, 7) is 2.13. The number of rotatable bonds is 4. The first kappa shape index (κ1) is 14.2. The molecular weight excluding hydrogens is 290 g/mol. The number of aromatic nitrogens is 2. The predicted molar refractivity (Wildman–Crippen MR) is 73.2 cm³/mol. The molecule has 0 aliphatic rings. The minimum atomic E-state index is -0.335. The van der Waals surface area contributed by atoms with Crippen molar-refractivity contribution in [1.82, 2.24) is 9.78 Å². The average Bonchev–Trinajstić information content (AvgIpc) is 2.62. The highest BCUT2D eigenvalue weighted by atomic mass is 35.5. The van der Waals surface area contributed by atoms with Crippen LogP contribution < -0.4 is 4.74 Å². The van der Waals surface area contributed by atoms with Gasteiger partial charge in [-0.1, -0.05) is 11.6 Å². The van der Waals surface area contributed by atoms with E-state index in [4.69, 9.17) is 27.9 Å². The van der Waals surface area contributed by atoms with E-state index in [0.29, 0.717) is 16.5 Å². The van der Waals surface area contributed by atoms with Crippen LogP contribution in [-0.2, 0) is 19.5 Å². The van der Waals surface area contributed by atoms with Gasteiger partial charge in [-0.2, -0.15) is 5.10 Å². The molecule has 0 amide bonds. The first-order valence-electron chi connectivity index (χ1n) is 5.68. The molecule has 0 bridgehead atoms. The molecule has 0 fully saturated rings. The van der Waals surface area contributed by atoms with E-state index in [1.54, 1.807) is 17.8 Å². The third kappa shape index (κ3) is 3.01. The molecule has 1 heterocycles. The highest BCUT2D eigenvalue weighted by molar-refractivity contribution is 6.30. The topological polar surface area (TPSA) is 27.1 Å². The van der Waals surface area contributed by atoms with Gasteiger partial charge in [-0.25, -0.2) is 4.39 Å². The number of aryl methyl sites for hydroxylation is 2. The van der Waals surface area contributed by atoms with Crippen LogP contribution in [-0.4, -0.2) is 9.78 Å². The van der Waals surface area contributed by atoms with Crippen LogP contribution in [0.3, 0.4) is 0 Å². The van der Waals surface area contributed by atoms with E-state index in [9.17, 15) is 4.39 Å². The summed E-state index contributed by atoms with van der Waals surface area (Å²) in [5, 5.41) is 4.73. The number of benzene rings is 1. The summed E-state index contributed by atoms with van der Waals surface area (Å²) in [6, 6.07) is 4.26. The molecule has 1 aromatic carbocycles. The Balaban J connectivity index is 2.19. The number of hydrogen-bond acceptors (Lipinski definition) is 2. The molecule has 2 aromatic rings. The summed E-state index contributed by atoms with van der Waals surface area (Å²) >= 11 is 11.9. The molecule has 0 aliphatic carbocycles. The molecule has 0 saturated carbocycles. The van der Waals surface area contributed by atoms with Crippen molar-refractivity contribution in [1.29, 1.82) is 0 Å². The van der Waals surface area contributed by atoms with Gasteiger partial charge in [0.15, 0.2) is 0 Å². The molecule has 0 spiro atoms. The molecule has 0 aliphatic heterocycles. The summed E-state index contributed by atoms with van der Waals surface area (Å²) in [4.78, 5) is 0. The molecule has 2 rings (SSSR count). The Bertz CT molecular complexity index is 599. The first-order chi connectivity index (χ1) is 9.02. The summed E-state index contributed by atoms with van der Waals surface area (Å²) in [5.74, 6) is 0.404. The second-order valence-electron chi connectivity index (χ2n) is 4.15. The van der Waals surface area contributed by atoms with E-state index in [1.165, 1.54) is 12.1 Å². The smallest absolute Gasteiger partial charge is 0.133 e. The lowest BCUT2D eigenvalue weighted by atomic mass is 10.2. The first-order valence-corrected chi connectivity index (χ1v) is 6.59. The zero-order valence-corrected chi connectivity index (χ0v) is 12.1. The second kappa shape index (κ2) is 5.80. The molecule has 0 unspecified atom stereocenters. The van der Waals surface area contributed by atoms with E-state index < -0.39 is 0 Å². The van der Waals surface area contributed by atoms with Crippen LogP contribution in [0.25, 0.3) is 0 Å². The number of halogens is 3. The molecule has 0 N–H and O–H groups in total. The Morgan fingerprint density at radius 2 is 2.16 bits per heavy atom. The third-order valence-electron chi connectivity index (χ3n) is 2.81. The van der Waals surface area contributed by atoms with Crippen molar-refractivity contribution in [3.8, 4) is 5.75 Å². The van der Waals surface area contributed by atoms with E-state index in [-0.39, 0.29) is 18.3 Å². The van der Waals surface area contributed by atoms with Gasteiger partial charge in [0.2, 0.25) is 0 Å². The number of nitrogens with zero attached hydrogens (tertiary/aromatic N) is 2. The highest BCUT2D eigenvalue weighted by Crippen LogP contribution is 2.25. The molecule has 6 heteroatoms. The molecular formula is C13H13Cl2FN2O. The minimum Gasteiger partial charge on any atom is -0.488 e. The maximum atomic E-state index is 13.1. The molecule has 1 aromatic heterocycles. The molecule has 19 heavy (non-hydrogen) atoms. The van der Waals surface area contributed by atoms with Gasteiger partial charge in [-0.3, -0.25) is 4.68 Å². The van der Waals surface area contributed by atoms with Crippen LogP contribution in [0.1, 0.15) is 16.8 Å². The van der Waals surface area contributed by atoms with Gasteiger partial charge in [0.1, 0.15) is 23.3 Å². The van der Waals surface area contributed by atoms with Gasteiger partial charge in [-0.15, -0.1) is 11.6 Å². The predicted octanol–water partition coefficient (Wildman–Crippen LogP) is 3.84. The Kier molecular flexibility index (Phi) is 4.32. The Morgan fingerprint density at radius 1 is 1.42 bits per heavy atom. The van der Waals surface area contributed by atoms with Crippen LogP contribution in [0.4, 0.5) is 4.39 Å². The van der Waals surface area contributed by atoms with Crippen molar-refractivity contribution < 1.29 is 9.13 Å². The van der Waals surface area contributed by atoms with E-state index >= 15 is 0 Å². The van der Waals surface area contributed by atoms with Crippen LogP contribution in [0.15, 0.2) is 18.2 Å². The Morgan fingerprint density at radius 3 is 2.74 bits per heavy atom. The van der Waals surface area contributed by atoms with Crippen LogP contribution in [0.5, 0.6) is 5.75 Å². The fourth-order valence-electron chi connectivity index (χ4n) is 1.78. The van der Waals surface area contributed by atoms with Crippen molar-refractivity contribution in [2.45, 2.75) is 19.4 Å². The molecule has 0 atom stereocenters. The van der Waals surface area contributed by atoms with Crippen LogP contribution in [0, 0.1) is 12.7 Å². The standard InChI is InChI=1S/C13H13Cl2FN2O/c1-8-11(13(15)18(2)17-8)7-19-12-4-3-10(16)5-9(12)6-14/h3-5H,6-7H2,1-2H3. The fraction of sp³-hybridized carbons (Fsp3) is 0.308. The average molecular weight is 303 g/mol. The van der Waals surface area contributed by atoms with Gasteiger partial charge < -0.3 is 4.74 Å². The summed E-state index contributed by atoms with van der Waals surface area (Å²) < 4.78 is 20.3. The minimum absolute atomic E-state index is 0.187. The Hall–Kier alpha value is -1.26. The largest absolute Gasteiger partial charge is 0.488 e. The SMILES string of the molecule is Cc1nn(C)c(Cl)c1COc1ccc(F)cc1CCl. The molecule has 3 nitrogen and oxygen atoms in total. The van der Waals surface area contributed by atoms with Gasteiger partial charge in [0.25, 0.3) is 0 Å². The lowest BCUT2D eigenvalue weighted by Crippen LogP contribution is -2.00. The van der Waals surface area contributed by atoms with E-state index in [2.05, 4.69) is 5.10 Å². The van der Waals surface area contributed by atoms with Crippen molar-refractivity contribution in [3.63, 3.8) is 0 Å². The van der Waals surface area contributed by atoms with Crippen LogP contribution >= 0.6 is 23.2 Å². The van der Waals surface area contributed by atoms with Crippen molar-refractivity contribution in [2.24, 2.45) is 7.05 Å².